The molecule has 32 heavy (non-hydrogen) atoms. The third kappa shape index (κ3) is 3.64. The summed E-state index contributed by atoms with van der Waals surface area (Å²) in [4.78, 5) is 30.1. The zero-order valence-corrected chi connectivity index (χ0v) is 17.4. The molecular weight excluding hydrogens is 405 g/mol. The molecule has 5 nitrogen and oxygen atoms in total. The number of carbonyl (C=O) groups is 2. The van der Waals surface area contributed by atoms with Gasteiger partial charge in [0.25, 0.3) is 11.8 Å². The highest BCUT2D eigenvalue weighted by atomic mass is 19.1. The Labute approximate surface area is 185 Å². The highest BCUT2D eigenvalue weighted by molar-refractivity contribution is 6.46. The Hall–Kier alpha value is -3.93. The fraction of sp³-hybridized carbons (Fsp3) is 0.154. The van der Waals surface area contributed by atoms with E-state index in [0.29, 0.717) is 16.8 Å². The van der Waals surface area contributed by atoms with Gasteiger partial charge in [0, 0.05) is 24.5 Å². The summed E-state index contributed by atoms with van der Waals surface area (Å²) < 4.78 is 13.4. The number of hydrogen-bond acceptors (Lipinski definition) is 4. The predicted octanol–water partition coefficient (Wildman–Crippen LogP) is 4.82. The first-order valence-corrected chi connectivity index (χ1v) is 10.7. The first-order chi connectivity index (χ1) is 15.6. The molecule has 0 bridgehead atoms. The van der Waals surface area contributed by atoms with Crippen molar-refractivity contribution in [2.75, 3.05) is 28.2 Å². The first-order valence-electron chi connectivity index (χ1n) is 10.7. The number of benzene rings is 3. The minimum absolute atomic E-state index is 0.208. The number of carbonyl (C=O) groups excluding carboxylic acids is 2. The van der Waals surface area contributed by atoms with E-state index in [-0.39, 0.29) is 5.70 Å². The van der Waals surface area contributed by atoms with Crippen molar-refractivity contribution in [2.24, 2.45) is 0 Å². The molecule has 2 aliphatic heterocycles. The lowest BCUT2D eigenvalue weighted by atomic mass is 10.0. The molecule has 0 aromatic heterocycles. The largest absolute Gasteiger partial charge is 0.372 e. The minimum Gasteiger partial charge on any atom is -0.372 e. The molecule has 0 aliphatic carbocycles. The van der Waals surface area contributed by atoms with Crippen molar-refractivity contribution in [1.29, 1.82) is 0 Å². The number of nitrogens with zero attached hydrogens (tertiary/aromatic N) is 2. The monoisotopic (exact) mass is 427 g/mol. The molecule has 2 amide bonds. The lowest BCUT2D eigenvalue weighted by Crippen LogP contribution is -2.32. The summed E-state index contributed by atoms with van der Waals surface area (Å²) in [6, 6.07) is 22.3. The molecule has 3 aromatic rings. The molecule has 5 rings (SSSR count). The molecule has 0 atom stereocenters. The Balaban J connectivity index is 1.50. The highest BCUT2D eigenvalue weighted by Gasteiger charge is 2.40. The Morgan fingerprint density at radius 2 is 1.34 bits per heavy atom. The second kappa shape index (κ2) is 8.30. The molecule has 160 valence electrons. The van der Waals surface area contributed by atoms with E-state index >= 15 is 0 Å². The molecule has 0 unspecified atom stereocenters. The van der Waals surface area contributed by atoms with E-state index in [4.69, 9.17) is 0 Å². The maximum absolute atomic E-state index is 13.4. The molecule has 0 saturated carbocycles. The van der Waals surface area contributed by atoms with Crippen molar-refractivity contribution in [2.45, 2.75) is 12.8 Å². The van der Waals surface area contributed by atoms with Crippen molar-refractivity contribution in [3.05, 3.63) is 95.9 Å². The van der Waals surface area contributed by atoms with Crippen molar-refractivity contribution in [3.63, 3.8) is 0 Å². The summed E-state index contributed by atoms with van der Waals surface area (Å²) in [5, 5.41) is 3.17. The van der Waals surface area contributed by atoms with Crippen LogP contribution in [0.3, 0.4) is 0 Å². The molecule has 1 saturated heterocycles. The number of halogens is 1. The topological polar surface area (TPSA) is 52.7 Å². The Kier molecular flexibility index (Phi) is 5.19. The zero-order valence-electron chi connectivity index (χ0n) is 17.4. The molecule has 2 aliphatic rings. The molecule has 0 spiro atoms. The lowest BCUT2D eigenvalue weighted by molar-refractivity contribution is -0.120. The van der Waals surface area contributed by atoms with Crippen LogP contribution in [0.4, 0.5) is 21.5 Å². The maximum atomic E-state index is 13.4. The van der Waals surface area contributed by atoms with Gasteiger partial charge < -0.3 is 10.2 Å². The van der Waals surface area contributed by atoms with E-state index in [1.165, 1.54) is 37.1 Å². The molecule has 1 fully saturated rings. The van der Waals surface area contributed by atoms with Crippen LogP contribution in [0, 0.1) is 5.82 Å². The van der Waals surface area contributed by atoms with Gasteiger partial charge in [-0.1, -0.05) is 30.3 Å². The van der Waals surface area contributed by atoms with Crippen LogP contribution >= 0.6 is 0 Å². The summed E-state index contributed by atoms with van der Waals surface area (Å²) in [5.74, 6) is -1.34. The number of anilines is 3. The quantitative estimate of drug-likeness (QED) is 0.593. The number of amides is 2. The van der Waals surface area contributed by atoms with E-state index in [2.05, 4.69) is 10.2 Å². The Morgan fingerprint density at radius 3 is 2.00 bits per heavy atom. The van der Waals surface area contributed by atoms with Gasteiger partial charge in [-0.2, -0.15) is 0 Å². The van der Waals surface area contributed by atoms with Gasteiger partial charge in [0.2, 0.25) is 0 Å². The first kappa shape index (κ1) is 20.0. The molecule has 1 N–H and O–H groups in total. The van der Waals surface area contributed by atoms with E-state index in [0.717, 1.165) is 29.4 Å². The SMILES string of the molecule is O=C1C(Nc2ccc(N3CCCC3)cc2)=C(c2ccccc2)C(=O)N1c1ccc(F)cc1. The molecule has 6 heteroatoms. The fourth-order valence-electron chi connectivity index (χ4n) is 4.22. The van der Waals surface area contributed by atoms with Crippen molar-refractivity contribution in [1.82, 2.24) is 0 Å². The van der Waals surface area contributed by atoms with Crippen LogP contribution in [0.1, 0.15) is 18.4 Å². The normalized spacial score (nSPS) is 16.3. The fourth-order valence-corrected chi connectivity index (χ4v) is 4.22. The molecule has 0 radical (unpaired) electrons. The summed E-state index contributed by atoms with van der Waals surface area (Å²) in [5.41, 5.74) is 3.34. The van der Waals surface area contributed by atoms with E-state index in [9.17, 15) is 14.0 Å². The van der Waals surface area contributed by atoms with Crippen LogP contribution in [0.15, 0.2) is 84.6 Å². The average Bonchev–Trinajstić information content (AvgIpc) is 3.43. The third-order valence-electron chi connectivity index (χ3n) is 5.84. The van der Waals surface area contributed by atoms with Gasteiger partial charge >= 0.3 is 0 Å². The lowest BCUT2D eigenvalue weighted by Gasteiger charge is -2.18. The van der Waals surface area contributed by atoms with Gasteiger partial charge in [-0.15, -0.1) is 0 Å². The summed E-state index contributed by atoms with van der Waals surface area (Å²) in [6.07, 6.45) is 2.40. The van der Waals surface area contributed by atoms with Gasteiger partial charge in [0.1, 0.15) is 11.5 Å². The zero-order chi connectivity index (χ0) is 22.1. The molecule has 2 heterocycles. The third-order valence-corrected chi connectivity index (χ3v) is 5.84. The van der Waals surface area contributed by atoms with Crippen LogP contribution in [0.2, 0.25) is 0 Å². The van der Waals surface area contributed by atoms with Crippen LogP contribution in [0.25, 0.3) is 5.57 Å². The summed E-state index contributed by atoms with van der Waals surface area (Å²) in [7, 11) is 0. The van der Waals surface area contributed by atoms with Crippen molar-refractivity contribution >= 4 is 34.4 Å². The van der Waals surface area contributed by atoms with Crippen LogP contribution < -0.4 is 15.1 Å². The van der Waals surface area contributed by atoms with Gasteiger partial charge in [0.05, 0.1) is 11.3 Å². The second-order valence-corrected chi connectivity index (χ2v) is 7.90. The standard InChI is InChI=1S/C26H22FN3O2/c27-19-8-12-22(13-9-19)30-25(31)23(18-6-2-1-3-7-18)24(26(30)32)28-20-10-14-21(15-11-20)29-16-4-5-17-29/h1-3,6-15,28H,4-5,16-17H2. The molecular formula is C26H22FN3O2. The van der Waals surface area contributed by atoms with Gasteiger partial charge in [-0.05, 0) is 66.9 Å². The maximum Gasteiger partial charge on any atom is 0.282 e. The summed E-state index contributed by atoms with van der Waals surface area (Å²) in [6.45, 7) is 2.10. The number of imide groups is 1. The van der Waals surface area contributed by atoms with Crippen LogP contribution in [-0.4, -0.2) is 24.9 Å². The number of rotatable bonds is 5. The second-order valence-electron chi connectivity index (χ2n) is 7.90. The highest BCUT2D eigenvalue weighted by Crippen LogP contribution is 2.34. The predicted molar refractivity (Wildman–Crippen MR) is 124 cm³/mol. The van der Waals surface area contributed by atoms with Gasteiger partial charge in [-0.3, -0.25) is 9.59 Å². The van der Waals surface area contributed by atoms with Gasteiger partial charge in [0.15, 0.2) is 0 Å². The van der Waals surface area contributed by atoms with Crippen LogP contribution in [0.5, 0.6) is 0 Å². The van der Waals surface area contributed by atoms with Crippen molar-refractivity contribution < 1.29 is 14.0 Å². The van der Waals surface area contributed by atoms with E-state index in [1.54, 1.807) is 12.1 Å². The number of hydrogen-bond donors (Lipinski definition) is 1. The van der Waals surface area contributed by atoms with E-state index < -0.39 is 17.6 Å². The molecule has 3 aromatic carbocycles. The van der Waals surface area contributed by atoms with Gasteiger partial charge in [-0.25, -0.2) is 9.29 Å². The van der Waals surface area contributed by atoms with Crippen LogP contribution in [-0.2, 0) is 9.59 Å². The number of nitrogens with one attached hydrogen (secondary N) is 1. The smallest absolute Gasteiger partial charge is 0.282 e. The Bertz CT molecular complexity index is 1180. The summed E-state index contributed by atoms with van der Waals surface area (Å²) >= 11 is 0. The minimum atomic E-state index is -0.468. The Morgan fingerprint density at radius 1 is 0.719 bits per heavy atom. The average molecular weight is 427 g/mol. The van der Waals surface area contributed by atoms with Crippen molar-refractivity contribution in [3.8, 4) is 0 Å². The van der Waals surface area contributed by atoms with E-state index in [1.807, 2.05) is 42.5 Å².